The molecule has 1 heterocycles. The molecule has 0 aromatic carbocycles. The van der Waals surface area contributed by atoms with E-state index in [0.717, 1.165) is 0 Å². The first-order valence-electron chi connectivity index (χ1n) is 7.99. The second kappa shape index (κ2) is 8.95. The molecule has 0 bridgehead atoms. The lowest BCUT2D eigenvalue weighted by molar-refractivity contribution is -0.134. The number of hydrogen-bond donors (Lipinski definition) is 5. The van der Waals surface area contributed by atoms with Crippen LogP contribution in [0.15, 0.2) is 0 Å². The van der Waals surface area contributed by atoms with E-state index in [-0.39, 0.29) is 30.2 Å². The predicted molar refractivity (Wildman–Crippen MR) is 85.5 cm³/mol. The first kappa shape index (κ1) is 19.5. The van der Waals surface area contributed by atoms with Crippen LogP contribution in [0.1, 0.15) is 33.6 Å². The highest BCUT2D eigenvalue weighted by molar-refractivity contribution is 5.92. The van der Waals surface area contributed by atoms with Crippen LogP contribution in [0.2, 0.25) is 0 Å². The summed E-state index contributed by atoms with van der Waals surface area (Å²) in [6.07, 6.45) is -0.0781. The van der Waals surface area contributed by atoms with E-state index in [1.807, 2.05) is 6.92 Å². The topological polar surface area (TPSA) is 134 Å². The number of amides is 2. The lowest BCUT2D eigenvalue weighted by Gasteiger charge is -2.24. The Morgan fingerprint density at radius 3 is 2.43 bits per heavy atom. The van der Waals surface area contributed by atoms with Gasteiger partial charge < -0.3 is 26.8 Å². The number of aliphatic hydroxyl groups excluding tert-OH is 1. The highest BCUT2D eigenvalue weighted by atomic mass is 16.3. The first-order valence-corrected chi connectivity index (χ1v) is 7.99. The number of carbonyl (C=O) groups excluding carboxylic acids is 3. The molecule has 2 amide bonds. The van der Waals surface area contributed by atoms with E-state index < -0.39 is 24.1 Å². The highest BCUT2D eigenvalue weighted by Gasteiger charge is 2.33. The van der Waals surface area contributed by atoms with E-state index in [1.165, 1.54) is 13.8 Å². The number of Topliss-reactive ketones (excluding diaryl/α,β-unsaturated/α-hetero) is 1. The molecule has 0 aromatic rings. The molecule has 0 radical (unpaired) electrons. The van der Waals surface area contributed by atoms with Crippen molar-refractivity contribution in [3.05, 3.63) is 0 Å². The van der Waals surface area contributed by atoms with Crippen molar-refractivity contribution < 1.29 is 19.5 Å². The Labute approximate surface area is 136 Å². The van der Waals surface area contributed by atoms with Crippen molar-refractivity contribution in [1.82, 2.24) is 16.0 Å². The van der Waals surface area contributed by atoms with Gasteiger partial charge in [-0.2, -0.15) is 0 Å². The Bertz CT molecular complexity index is 441. The molecule has 6 N–H and O–H groups in total. The summed E-state index contributed by atoms with van der Waals surface area (Å²) in [5.74, 6) is -1.30. The van der Waals surface area contributed by atoms with Crippen LogP contribution in [-0.2, 0) is 14.4 Å². The monoisotopic (exact) mass is 328 g/mol. The standard InChI is InChI=1S/C15H28N4O4/c1-8-6-11(7-17-8)14(22)19-13(10(3)21)15(23)18-12(4-5-16)9(2)20/h8,10-13,17,21H,4-7,16H2,1-3H3,(H,18,23)(H,19,22)/t8?,10-,11?,12-,13-/m0/s1. The molecular weight excluding hydrogens is 300 g/mol. The van der Waals surface area contributed by atoms with Crippen LogP contribution in [0.4, 0.5) is 0 Å². The highest BCUT2D eigenvalue weighted by Crippen LogP contribution is 2.14. The van der Waals surface area contributed by atoms with E-state index in [2.05, 4.69) is 16.0 Å². The fourth-order valence-corrected chi connectivity index (χ4v) is 2.62. The van der Waals surface area contributed by atoms with Gasteiger partial charge >= 0.3 is 0 Å². The molecular formula is C15H28N4O4. The molecule has 1 aliphatic rings. The second-order valence-electron chi connectivity index (χ2n) is 6.22. The number of nitrogens with one attached hydrogen (secondary N) is 3. The van der Waals surface area contributed by atoms with Crippen molar-refractivity contribution in [2.45, 2.75) is 57.8 Å². The first-order chi connectivity index (χ1) is 10.8. The van der Waals surface area contributed by atoms with Gasteiger partial charge in [-0.05, 0) is 40.2 Å². The molecule has 132 valence electrons. The van der Waals surface area contributed by atoms with Gasteiger partial charge in [-0.1, -0.05) is 0 Å². The van der Waals surface area contributed by atoms with Crippen LogP contribution in [-0.4, -0.2) is 60.0 Å². The number of carbonyl (C=O) groups is 3. The summed E-state index contributed by atoms with van der Waals surface area (Å²) >= 11 is 0. The molecule has 8 heteroatoms. The van der Waals surface area contributed by atoms with E-state index >= 15 is 0 Å². The van der Waals surface area contributed by atoms with Crippen LogP contribution in [0, 0.1) is 5.92 Å². The van der Waals surface area contributed by atoms with Gasteiger partial charge in [0.25, 0.3) is 0 Å². The zero-order valence-corrected chi connectivity index (χ0v) is 14.0. The Balaban J connectivity index is 2.67. The van der Waals surface area contributed by atoms with Crippen LogP contribution >= 0.6 is 0 Å². The van der Waals surface area contributed by atoms with E-state index in [9.17, 15) is 19.5 Å². The van der Waals surface area contributed by atoms with Crippen molar-refractivity contribution in [1.29, 1.82) is 0 Å². The van der Waals surface area contributed by atoms with Crippen LogP contribution < -0.4 is 21.7 Å². The molecule has 1 aliphatic heterocycles. The molecule has 1 fully saturated rings. The summed E-state index contributed by atoms with van der Waals surface area (Å²) in [7, 11) is 0. The summed E-state index contributed by atoms with van der Waals surface area (Å²) in [6.45, 7) is 5.57. The quantitative estimate of drug-likeness (QED) is 0.360. The number of hydrogen-bond acceptors (Lipinski definition) is 6. The van der Waals surface area contributed by atoms with Gasteiger partial charge in [0.2, 0.25) is 11.8 Å². The van der Waals surface area contributed by atoms with Crippen molar-refractivity contribution >= 4 is 17.6 Å². The molecule has 0 aromatic heterocycles. The van der Waals surface area contributed by atoms with Gasteiger partial charge in [-0.15, -0.1) is 0 Å². The fourth-order valence-electron chi connectivity index (χ4n) is 2.62. The fraction of sp³-hybridized carbons (Fsp3) is 0.800. The average molecular weight is 328 g/mol. The maximum absolute atomic E-state index is 12.3. The number of ketones is 1. The molecule has 5 atom stereocenters. The van der Waals surface area contributed by atoms with Crippen molar-refractivity contribution in [3.8, 4) is 0 Å². The van der Waals surface area contributed by atoms with Crippen LogP contribution in [0.25, 0.3) is 0 Å². The zero-order valence-electron chi connectivity index (χ0n) is 14.0. The van der Waals surface area contributed by atoms with Crippen molar-refractivity contribution in [2.24, 2.45) is 11.7 Å². The van der Waals surface area contributed by atoms with Gasteiger partial charge in [-0.25, -0.2) is 0 Å². The lowest BCUT2D eigenvalue weighted by atomic mass is 10.0. The number of nitrogens with two attached hydrogens (primary N) is 1. The normalized spacial score (nSPS) is 24.6. The molecule has 1 rings (SSSR count). The maximum atomic E-state index is 12.3. The van der Waals surface area contributed by atoms with E-state index in [0.29, 0.717) is 19.4 Å². The molecule has 0 spiro atoms. The van der Waals surface area contributed by atoms with Gasteiger partial charge in [0.15, 0.2) is 5.78 Å². The predicted octanol–water partition coefficient (Wildman–Crippen LogP) is -1.73. The third-order valence-corrected chi connectivity index (χ3v) is 4.05. The third kappa shape index (κ3) is 5.89. The summed E-state index contributed by atoms with van der Waals surface area (Å²) in [6, 6.07) is -1.56. The van der Waals surface area contributed by atoms with Crippen molar-refractivity contribution in [2.75, 3.05) is 13.1 Å². The Morgan fingerprint density at radius 2 is 2.00 bits per heavy atom. The number of aliphatic hydroxyl groups is 1. The molecule has 23 heavy (non-hydrogen) atoms. The van der Waals surface area contributed by atoms with Crippen LogP contribution in [0.3, 0.4) is 0 Å². The van der Waals surface area contributed by atoms with E-state index in [1.54, 1.807) is 0 Å². The molecule has 8 nitrogen and oxygen atoms in total. The van der Waals surface area contributed by atoms with Gasteiger partial charge in [0.1, 0.15) is 6.04 Å². The van der Waals surface area contributed by atoms with Crippen molar-refractivity contribution in [3.63, 3.8) is 0 Å². The minimum absolute atomic E-state index is 0.215. The average Bonchev–Trinajstić information content (AvgIpc) is 2.90. The zero-order chi connectivity index (χ0) is 17.6. The smallest absolute Gasteiger partial charge is 0.245 e. The van der Waals surface area contributed by atoms with E-state index in [4.69, 9.17) is 5.73 Å². The largest absolute Gasteiger partial charge is 0.391 e. The lowest BCUT2D eigenvalue weighted by Crippen LogP contribution is -2.56. The minimum atomic E-state index is -1.10. The summed E-state index contributed by atoms with van der Waals surface area (Å²) < 4.78 is 0. The molecule has 0 aliphatic carbocycles. The minimum Gasteiger partial charge on any atom is -0.391 e. The molecule has 0 saturated carbocycles. The SMILES string of the molecule is CC(=O)[C@H](CCN)NC(=O)[C@@H](NC(=O)C1CNC(C)C1)[C@H](C)O. The number of rotatable bonds is 8. The maximum Gasteiger partial charge on any atom is 0.245 e. The van der Waals surface area contributed by atoms with Crippen LogP contribution in [0.5, 0.6) is 0 Å². The Morgan fingerprint density at radius 1 is 1.35 bits per heavy atom. The molecule has 1 saturated heterocycles. The molecule has 2 unspecified atom stereocenters. The summed E-state index contributed by atoms with van der Waals surface area (Å²) in [5.41, 5.74) is 5.43. The second-order valence-corrected chi connectivity index (χ2v) is 6.22. The summed E-state index contributed by atoms with van der Waals surface area (Å²) in [5, 5.41) is 18.1. The third-order valence-electron chi connectivity index (χ3n) is 4.05. The Hall–Kier alpha value is -1.51. The summed E-state index contributed by atoms with van der Waals surface area (Å²) in [4.78, 5) is 36.0. The van der Waals surface area contributed by atoms with Gasteiger partial charge in [0.05, 0.1) is 18.1 Å². The van der Waals surface area contributed by atoms with Gasteiger partial charge in [0, 0.05) is 12.6 Å². The Kier molecular flexibility index (Phi) is 7.60. The van der Waals surface area contributed by atoms with Gasteiger partial charge in [-0.3, -0.25) is 14.4 Å².